The summed E-state index contributed by atoms with van der Waals surface area (Å²) in [7, 11) is 1.62. The van der Waals surface area contributed by atoms with Crippen LogP contribution in [0.4, 0.5) is 0 Å². The molecule has 5 heteroatoms. The summed E-state index contributed by atoms with van der Waals surface area (Å²) < 4.78 is 12.9. The Morgan fingerprint density at radius 2 is 1.84 bits per heavy atom. The predicted molar refractivity (Wildman–Crippen MR) is 100 cm³/mol. The second-order valence-corrected chi connectivity index (χ2v) is 6.87. The number of ether oxygens (including phenoxy) is 2. The second-order valence-electron chi connectivity index (χ2n) is 5.84. The smallest absolute Gasteiger partial charge is 0.202 e. The van der Waals surface area contributed by atoms with Crippen molar-refractivity contribution in [2.75, 3.05) is 13.7 Å². The van der Waals surface area contributed by atoms with Crippen LogP contribution < -0.4 is 9.47 Å². The molecule has 0 radical (unpaired) electrons. The highest BCUT2D eigenvalue weighted by atomic mass is 32.1. The van der Waals surface area contributed by atoms with E-state index < -0.39 is 0 Å². The molecule has 0 fully saturated rings. The zero-order valence-electron chi connectivity index (χ0n) is 14.6. The van der Waals surface area contributed by atoms with Crippen molar-refractivity contribution in [2.45, 2.75) is 20.4 Å². The van der Waals surface area contributed by atoms with E-state index in [0.717, 1.165) is 29.2 Å². The van der Waals surface area contributed by atoms with Crippen LogP contribution in [0.5, 0.6) is 11.5 Å². The average molecular weight is 355 g/mol. The number of Topliss-reactive ketones (excluding diaryl/α,β-unsaturated/α-hetero) is 1. The van der Waals surface area contributed by atoms with Crippen molar-refractivity contribution >= 4 is 17.1 Å². The van der Waals surface area contributed by atoms with Gasteiger partial charge in [0.2, 0.25) is 5.78 Å². The fraction of sp³-hybridized carbons (Fsp3) is 0.250. The van der Waals surface area contributed by atoms with Crippen LogP contribution in [0.25, 0.3) is 0 Å². The van der Waals surface area contributed by atoms with E-state index >= 15 is 0 Å². The van der Waals surface area contributed by atoms with Crippen molar-refractivity contribution in [2.24, 2.45) is 0 Å². The summed E-state index contributed by atoms with van der Waals surface area (Å²) in [5.74, 6) is 1.40. The Morgan fingerprint density at radius 3 is 2.48 bits per heavy atom. The van der Waals surface area contributed by atoms with Gasteiger partial charge in [-0.15, -0.1) is 11.3 Å². The second kappa shape index (κ2) is 7.57. The van der Waals surface area contributed by atoms with Crippen LogP contribution >= 0.6 is 11.3 Å². The van der Waals surface area contributed by atoms with E-state index in [1.165, 1.54) is 4.88 Å². The SMILES string of the molecule is COc1ccc(OCC(=O)c2cc(C)n(Cc3cccs3)c2C)cc1. The van der Waals surface area contributed by atoms with Crippen molar-refractivity contribution in [1.29, 1.82) is 0 Å². The Bertz CT molecular complexity index is 848. The molecular weight excluding hydrogens is 334 g/mol. The van der Waals surface area contributed by atoms with Crippen molar-refractivity contribution in [3.05, 3.63) is 69.7 Å². The van der Waals surface area contributed by atoms with Gasteiger partial charge in [-0.1, -0.05) is 6.07 Å². The number of hydrogen-bond acceptors (Lipinski definition) is 4. The number of rotatable bonds is 7. The van der Waals surface area contributed by atoms with Crippen molar-refractivity contribution in [3.8, 4) is 11.5 Å². The molecule has 2 aromatic heterocycles. The molecule has 0 unspecified atom stereocenters. The normalized spacial score (nSPS) is 10.7. The number of aryl methyl sites for hydroxylation is 1. The van der Waals surface area contributed by atoms with E-state index in [1.54, 1.807) is 30.6 Å². The minimum absolute atomic E-state index is 0.0126. The first-order chi connectivity index (χ1) is 12.1. The topological polar surface area (TPSA) is 40.5 Å². The number of benzene rings is 1. The molecular formula is C20H21NO3S. The molecule has 0 saturated carbocycles. The highest BCUT2D eigenvalue weighted by molar-refractivity contribution is 7.09. The molecule has 3 rings (SSSR count). The number of aromatic nitrogens is 1. The van der Waals surface area contributed by atoms with E-state index in [0.29, 0.717) is 5.75 Å². The highest BCUT2D eigenvalue weighted by Gasteiger charge is 2.16. The fourth-order valence-electron chi connectivity index (χ4n) is 2.78. The molecule has 3 aromatic rings. The number of hydrogen-bond donors (Lipinski definition) is 0. The van der Waals surface area contributed by atoms with Gasteiger partial charge in [0.25, 0.3) is 0 Å². The maximum absolute atomic E-state index is 12.6. The van der Waals surface area contributed by atoms with Crippen LogP contribution in [-0.4, -0.2) is 24.1 Å². The summed E-state index contributed by atoms with van der Waals surface area (Å²) >= 11 is 1.72. The van der Waals surface area contributed by atoms with Crippen LogP contribution in [-0.2, 0) is 6.54 Å². The molecule has 0 bridgehead atoms. The first kappa shape index (κ1) is 17.3. The van der Waals surface area contributed by atoms with E-state index in [-0.39, 0.29) is 12.4 Å². The van der Waals surface area contributed by atoms with Crippen LogP contribution in [0.15, 0.2) is 47.8 Å². The Balaban J connectivity index is 1.69. The Hall–Kier alpha value is -2.53. The number of carbonyl (C=O) groups excluding carboxylic acids is 1. The molecule has 0 aliphatic heterocycles. The van der Waals surface area contributed by atoms with Crippen LogP contribution in [0, 0.1) is 13.8 Å². The van der Waals surface area contributed by atoms with E-state index in [9.17, 15) is 4.79 Å². The molecule has 2 heterocycles. The molecule has 0 amide bonds. The summed E-state index contributed by atoms with van der Waals surface area (Å²) in [6.07, 6.45) is 0. The third-order valence-electron chi connectivity index (χ3n) is 4.20. The largest absolute Gasteiger partial charge is 0.497 e. The lowest BCUT2D eigenvalue weighted by atomic mass is 10.1. The zero-order chi connectivity index (χ0) is 17.8. The van der Waals surface area contributed by atoms with Crippen molar-refractivity contribution < 1.29 is 14.3 Å². The van der Waals surface area contributed by atoms with Gasteiger partial charge in [-0.05, 0) is 55.6 Å². The van der Waals surface area contributed by atoms with Gasteiger partial charge in [-0.3, -0.25) is 4.79 Å². The molecule has 0 aliphatic rings. The van der Waals surface area contributed by atoms with Gasteiger partial charge in [0.05, 0.1) is 13.7 Å². The first-order valence-corrected chi connectivity index (χ1v) is 8.95. The van der Waals surface area contributed by atoms with E-state index in [2.05, 4.69) is 16.0 Å². The molecule has 0 atom stereocenters. The monoisotopic (exact) mass is 355 g/mol. The third kappa shape index (κ3) is 3.94. The van der Waals surface area contributed by atoms with Gasteiger partial charge < -0.3 is 14.0 Å². The summed E-state index contributed by atoms with van der Waals surface area (Å²) in [5.41, 5.74) is 2.79. The molecule has 1 aromatic carbocycles. The molecule has 130 valence electrons. The third-order valence-corrected chi connectivity index (χ3v) is 5.06. The van der Waals surface area contributed by atoms with Crippen LogP contribution in [0.3, 0.4) is 0 Å². The van der Waals surface area contributed by atoms with Crippen molar-refractivity contribution in [3.63, 3.8) is 0 Å². The number of carbonyl (C=O) groups is 1. The minimum atomic E-state index is -0.0126. The number of ketones is 1. The summed E-state index contributed by atoms with van der Waals surface area (Å²) in [6, 6.07) is 13.3. The molecule has 0 aliphatic carbocycles. The summed E-state index contributed by atoms with van der Waals surface area (Å²) in [5, 5.41) is 2.07. The van der Waals surface area contributed by atoms with Crippen molar-refractivity contribution in [1.82, 2.24) is 4.57 Å². The standard InChI is InChI=1S/C20H21NO3S/c1-14-11-19(15(2)21(14)12-18-5-4-10-25-18)20(22)13-24-17-8-6-16(23-3)7-9-17/h4-11H,12-13H2,1-3H3. The zero-order valence-corrected chi connectivity index (χ0v) is 15.4. The minimum Gasteiger partial charge on any atom is -0.497 e. The van der Waals surface area contributed by atoms with Gasteiger partial charge in [0.15, 0.2) is 6.61 Å². The molecule has 25 heavy (non-hydrogen) atoms. The van der Waals surface area contributed by atoms with Gasteiger partial charge in [-0.25, -0.2) is 0 Å². The maximum Gasteiger partial charge on any atom is 0.202 e. The van der Waals surface area contributed by atoms with Gasteiger partial charge in [0.1, 0.15) is 11.5 Å². The number of methoxy groups -OCH3 is 1. The lowest BCUT2D eigenvalue weighted by Crippen LogP contribution is -2.13. The first-order valence-electron chi connectivity index (χ1n) is 8.07. The maximum atomic E-state index is 12.6. The van der Waals surface area contributed by atoms with E-state index in [4.69, 9.17) is 9.47 Å². The Labute approximate surface area is 151 Å². The number of thiophene rings is 1. The fourth-order valence-corrected chi connectivity index (χ4v) is 3.48. The van der Waals surface area contributed by atoms with Crippen LogP contribution in [0.2, 0.25) is 0 Å². The lowest BCUT2D eigenvalue weighted by Gasteiger charge is -2.09. The van der Waals surface area contributed by atoms with Crippen LogP contribution in [0.1, 0.15) is 26.6 Å². The quantitative estimate of drug-likeness (QED) is 0.587. The van der Waals surface area contributed by atoms with Gasteiger partial charge in [0, 0.05) is 21.8 Å². The lowest BCUT2D eigenvalue weighted by molar-refractivity contribution is 0.0921. The Morgan fingerprint density at radius 1 is 1.12 bits per heavy atom. The van der Waals surface area contributed by atoms with E-state index in [1.807, 2.05) is 38.1 Å². The Kier molecular flexibility index (Phi) is 5.24. The summed E-state index contributed by atoms with van der Waals surface area (Å²) in [4.78, 5) is 13.8. The summed E-state index contributed by atoms with van der Waals surface area (Å²) in [6.45, 7) is 4.83. The molecule has 4 nitrogen and oxygen atoms in total. The highest BCUT2D eigenvalue weighted by Crippen LogP contribution is 2.21. The number of nitrogens with zero attached hydrogens (tertiary/aromatic N) is 1. The molecule has 0 saturated heterocycles. The molecule has 0 spiro atoms. The van der Waals surface area contributed by atoms with Gasteiger partial charge in [-0.2, -0.15) is 0 Å². The average Bonchev–Trinajstić information content (AvgIpc) is 3.24. The predicted octanol–water partition coefficient (Wildman–Crippen LogP) is 4.49. The van der Waals surface area contributed by atoms with Gasteiger partial charge >= 0.3 is 0 Å². The molecule has 0 N–H and O–H groups in total.